The van der Waals surface area contributed by atoms with Crippen LogP contribution in [0.2, 0.25) is 0 Å². The second kappa shape index (κ2) is 15.9. The van der Waals surface area contributed by atoms with Crippen LogP contribution in [0.5, 0.6) is 0 Å². The monoisotopic (exact) mass is 462 g/mol. The molecule has 0 rings (SSSR count). The molecular formula is C25H50O7. The fourth-order valence-electron chi connectivity index (χ4n) is 2.81. The highest BCUT2D eigenvalue weighted by Gasteiger charge is 2.30. The largest absolute Gasteiger partial charge is 0.509 e. The van der Waals surface area contributed by atoms with Gasteiger partial charge in [-0.05, 0) is 81.1 Å². The molecule has 0 bridgehead atoms. The van der Waals surface area contributed by atoms with Crippen LogP contribution in [0, 0.1) is 0 Å². The average Bonchev–Trinajstić information content (AvgIpc) is 2.67. The molecule has 0 aromatic carbocycles. The minimum absolute atomic E-state index is 0.421. The normalized spacial score (nSPS) is 16.3. The van der Waals surface area contributed by atoms with E-state index in [1.807, 2.05) is 55.4 Å². The van der Waals surface area contributed by atoms with Crippen LogP contribution in [0.3, 0.4) is 0 Å². The van der Waals surface area contributed by atoms with Crippen molar-refractivity contribution in [1.29, 1.82) is 0 Å². The Kier molecular flexibility index (Phi) is 15.4. The van der Waals surface area contributed by atoms with Gasteiger partial charge in [0.1, 0.15) is 24.4 Å². The number of carbonyl (C=O) groups excluding carboxylic acids is 1. The van der Waals surface area contributed by atoms with Crippen molar-refractivity contribution in [3.63, 3.8) is 0 Å². The summed E-state index contributed by atoms with van der Waals surface area (Å²) in [4.78, 5) is 34.6. The Morgan fingerprint density at radius 3 is 1.28 bits per heavy atom. The summed E-state index contributed by atoms with van der Waals surface area (Å²) in [6.07, 6.45) is 4.98. The summed E-state index contributed by atoms with van der Waals surface area (Å²) in [6, 6.07) is 0. The maximum atomic E-state index is 12.7. The molecule has 0 saturated carbocycles. The molecule has 0 saturated heterocycles. The van der Waals surface area contributed by atoms with Crippen molar-refractivity contribution in [1.82, 2.24) is 0 Å². The third-order valence-electron chi connectivity index (χ3n) is 4.63. The van der Waals surface area contributed by atoms with Gasteiger partial charge in [0.25, 0.3) is 0 Å². The average molecular weight is 463 g/mol. The maximum absolute atomic E-state index is 12.7. The Hall–Kier alpha value is -0.890. The Labute approximate surface area is 196 Å². The molecule has 7 heteroatoms. The predicted molar refractivity (Wildman–Crippen MR) is 126 cm³/mol. The molecule has 0 fully saturated rings. The number of ether oxygens (including phenoxy) is 2. The summed E-state index contributed by atoms with van der Waals surface area (Å²) < 4.78 is 11.4. The van der Waals surface area contributed by atoms with Crippen LogP contribution in [0.25, 0.3) is 0 Å². The van der Waals surface area contributed by atoms with Crippen molar-refractivity contribution in [2.24, 2.45) is 0 Å². The fraction of sp³-hybridized carbons (Fsp3) is 0.960. The molecule has 4 atom stereocenters. The van der Waals surface area contributed by atoms with E-state index in [0.29, 0.717) is 12.8 Å². The minimum atomic E-state index is -0.717. The van der Waals surface area contributed by atoms with Crippen molar-refractivity contribution >= 4 is 6.16 Å². The second-order valence-electron chi connectivity index (χ2n) is 10.5. The number of hydrogen-bond donors (Lipinski definition) is 0. The van der Waals surface area contributed by atoms with Crippen LogP contribution < -0.4 is 0 Å². The first-order chi connectivity index (χ1) is 14.8. The Balaban J connectivity index is 5.05. The Bertz CT molecular complexity index is 440. The van der Waals surface area contributed by atoms with E-state index in [1.165, 1.54) is 0 Å². The lowest BCUT2D eigenvalue weighted by Gasteiger charge is -2.29. The number of unbranched alkanes of at least 4 members (excludes halogenated alkanes) is 4. The van der Waals surface area contributed by atoms with Crippen LogP contribution >= 0.6 is 0 Å². The van der Waals surface area contributed by atoms with Gasteiger partial charge >= 0.3 is 6.16 Å². The zero-order chi connectivity index (χ0) is 24.8. The standard InChI is InChI=1S/C25H50O7/c1-11-13-15-17-21(19(3)29-31-24(5,6)7)27-23(26)28-22(18-16-14-12-2)20(4)30-32-25(8,9)10/h19-22H,11-18H2,1-10H3. The highest BCUT2D eigenvalue weighted by Crippen LogP contribution is 2.21. The van der Waals surface area contributed by atoms with Crippen molar-refractivity contribution in [2.75, 3.05) is 0 Å². The van der Waals surface area contributed by atoms with Gasteiger partial charge in [0.15, 0.2) is 0 Å². The SMILES string of the molecule is CCCCCC(OC(=O)OC(CCCCC)C(C)OOC(C)(C)C)C(C)OOC(C)(C)C. The van der Waals surface area contributed by atoms with E-state index in [9.17, 15) is 4.79 Å². The molecule has 0 heterocycles. The molecule has 0 aromatic heterocycles. The highest BCUT2D eigenvalue weighted by atomic mass is 17.2. The topological polar surface area (TPSA) is 72.5 Å². The van der Waals surface area contributed by atoms with Gasteiger partial charge < -0.3 is 9.47 Å². The van der Waals surface area contributed by atoms with Gasteiger partial charge in [-0.1, -0.05) is 39.5 Å². The summed E-state index contributed by atoms with van der Waals surface area (Å²) in [5.74, 6) is 0. The van der Waals surface area contributed by atoms with E-state index in [4.69, 9.17) is 29.0 Å². The van der Waals surface area contributed by atoms with Crippen molar-refractivity contribution < 1.29 is 33.8 Å². The molecule has 0 aromatic rings. The Morgan fingerprint density at radius 1 is 0.656 bits per heavy atom. The zero-order valence-corrected chi connectivity index (χ0v) is 22.3. The molecule has 32 heavy (non-hydrogen) atoms. The van der Waals surface area contributed by atoms with Crippen LogP contribution in [0.1, 0.15) is 121 Å². The van der Waals surface area contributed by atoms with Gasteiger partial charge in [-0.3, -0.25) is 0 Å². The smallest absolute Gasteiger partial charge is 0.428 e. The minimum Gasteiger partial charge on any atom is -0.428 e. The molecule has 0 aliphatic heterocycles. The summed E-state index contributed by atoms with van der Waals surface area (Å²) >= 11 is 0. The fourth-order valence-corrected chi connectivity index (χ4v) is 2.81. The quantitative estimate of drug-likeness (QED) is 0.103. The molecule has 0 spiro atoms. The van der Waals surface area contributed by atoms with Gasteiger partial charge in [0, 0.05) is 0 Å². The highest BCUT2D eigenvalue weighted by molar-refractivity contribution is 5.60. The van der Waals surface area contributed by atoms with Gasteiger partial charge in [-0.2, -0.15) is 0 Å². The molecule has 0 aliphatic carbocycles. The molecule has 0 N–H and O–H groups in total. The summed E-state index contributed by atoms with van der Waals surface area (Å²) in [6.45, 7) is 19.4. The van der Waals surface area contributed by atoms with Gasteiger partial charge in [0.2, 0.25) is 0 Å². The molecular weight excluding hydrogens is 412 g/mol. The van der Waals surface area contributed by atoms with Gasteiger partial charge in [0.05, 0.1) is 11.2 Å². The van der Waals surface area contributed by atoms with Crippen molar-refractivity contribution in [3.05, 3.63) is 0 Å². The number of rotatable bonds is 16. The van der Waals surface area contributed by atoms with Gasteiger partial charge in [-0.15, -0.1) is 0 Å². The summed E-state index contributed by atoms with van der Waals surface area (Å²) in [5, 5.41) is 0. The van der Waals surface area contributed by atoms with Crippen molar-refractivity contribution in [3.8, 4) is 0 Å². The van der Waals surface area contributed by atoms with E-state index in [0.717, 1.165) is 38.5 Å². The maximum Gasteiger partial charge on any atom is 0.509 e. The third kappa shape index (κ3) is 16.7. The van der Waals surface area contributed by atoms with E-state index in [2.05, 4.69) is 13.8 Å². The van der Waals surface area contributed by atoms with Crippen molar-refractivity contribution in [2.45, 2.75) is 156 Å². The van der Waals surface area contributed by atoms with Crippen LogP contribution in [-0.4, -0.2) is 41.8 Å². The molecule has 0 aliphatic rings. The van der Waals surface area contributed by atoms with E-state index in [-0.39, 0.29) is 0 Å². The van der Waals surface area contributed by atoms with Crippen LogP contribution in [0.4, 0.5) is 4.79 Å². The Morgan fingerprint density at radius 2 is 1.00 bits per heavy atom. The first-order valence-electron chi connectivity index (χ1n) is 12.3. The summed E-state index contributed by atoms with van der Waals surface area (Å²) in [5.41, 5.74) is -0.903. The van der Waals surface area contributed by atoms with Crippen LogP contribution in [-0.2, 0) is 29.0 Å². The van der Waals surface area contributed by atoms with Crippen LogP contribution in [0.15, 0.2) is 0 Å². The predicted octanol–water partition coefficient (Wildman–Crippen LogP) is 7.31. The van der Waals surface area contributed by atoms with E-state index >= 15 is 0 Å². The number of carbonyl (C=O) groups is 1. The number of hydrogen-bond acceptors (Lipinski definition) is 7. The van der Waals surface area contributed by atoms with E-state index in [1.54, 1.807) is 0 Å². The lowest BCUT2D eigenvalue weighted by atomic mass is 10.1. The molecule has 192 valence electrons. The molecule has 4 unspecified atom stereocenters. The lowest BCUT2D eigenvalue weighted by Crippen LogP contribution is -2.38. The first-order valence-corrected chi connectivity index (χ1v) is 12.3. The molecule has 7 nitrogen and oxygen atoms in total. The van der Waals surface area contributed by atoms with Gasteiger partial charge in [-0.25, -0.2) is 24.3 Å². The lowest BCUT2D eigenvalue weighted by molar-refractivity contribution is -0.382. The second-order valence-corrected chi connectivity index (χ2v) is 10.5. The zero-order valence-electron chi connectivity index (χ0n) is 22.3. The molecule has 0 amide bonds. The summed E-state index contributed by atoms with van der Waals surface area (Å²) in [7, 11) is 0. The molecule has 0 radical (unpaired) electrons. The van der Waals surface area contributed by atoms with E-state index < -0.39 is 41.8 Å². The first kappa shape index (κ1) is 31.1. The third-order valence-corrected chi connectivity index (χ3v) is 4.63.